The van der Waals surface area contributed by atoms with Gasteiger partial charge in [-0.15, -0.1) is 0 Å². The quantitative estimate of drug-likeness (QED) is 0.687. The van der Waals surface area contributed by atoms with Gasteiger partial charge in [0.05, 0.1) is 7.11 Å². The van der Waals surface area contributed by atoms with Crippen LogP contribution < -0.4 is 4.74 Å². The Balaban J connectivity index is 0.000000791. The van der Waals surface area contributed by atoms with Gasteiger partial charge in [-0.25, -0.2) is 0 Å². The van der Waals surface area contributed by atoms with Gasteiger partial charge in [-0.05, 0) is 30.0 Å². The lowest BCUT2D eigenvalue weighted by atomic mass is 10.0. The van der Waals surface area contributed by atoms with E-state index in [4.69, 9.17) is 4.74 Å². The zero-order chi connectivity index (χ0) is 11.1. The molecule has 0 spiro atoms. The van der Waals surface area contributed by atoms with Gasteiger partial charge in [-0.2, -0.15) is 0 Å². The number of ether oxygens (including phenoxy) is 1. The van der Waals surface area contributed by atoms with E-state index in [1.807, 2.05) is 13.8 Å². The summed E-state index contributed by atoms with van der Waals surface area (Å²) in [6.45, 7) is 10.4. The summed E-state index contributed by atoms with van der Waals surface area (Å²) in [6.07, 6.45) is 0. The van der Waals surface area contributed by atoms with Crippen molar-refractivity contribution in [3.63, 3.8) is 0 Å². The highest BCUT2D eigenvalue weighted by molar-refractivity contribution is 5.37. The van der Waals surface area contributed by atoms with Crippen molar-refractivity contribution in [2.75, 3.05) is 7.11 Å². The zero-order valence-electron chi connectivity index (χ0n) is 10.2. The maximum absolute atomic E-state index is 5.24. The average Bonchev–Trinajstić information content (AvgIpc) is 2.21. The third-order valence-electron chi connectivity index (χ3n) is 2.10. The Labute approximate surface area is 88.1 Å². The molecule has 0 atom stereocenters. The number of hydrogen-bond donors (Lipinski definition) is 0. The van der Waals surface area contributed by atoms with Crippen LogP contribution in [-0.4, -0.2) is 7.11 Å². The van der Waals surface area contributed by atoms with Crippen LogP contribution in [0.15, 0.2) is 18.2 Å². The summed E-state index contributed by atoms with van der Waals surface area (Å²) < 4.78 is 5.24. The fraction of sp³-hybridized carbons (Fsp3) is 0.538. The van der Waals surface area contributed by atoms with Crippen LogP contribution in [0.5, 0.6) is 5.75 Å². The first kappa shape index (κ1) is 13.0. The SMILES string of the molecule is CC.COc1cc(C(C)C)ccc1C. The normalized spacial score (nSPS) is 9.36. The summed E-state index contributed by atoms with van der Waals surface area (Å²) >= 11 is 0. The Morgan fingerprint density at radius 1 is 1.14 bits per heavy atom. The van der Waals surface area contributed by atoms with Crippen molar-refractivity contribution in [3.8, 4) is 5.75 Å². The molecule has 0 fully saturated rings. The van der Waals surface area contributed by atoms with E-state index in [9.17, 15) is 0 Å². The zero-order valence-corrected chi connectivity index (χ0v) is 10.2. The number of benzene rings is 1. The highest BCUT2D eigenvalue weighted by Crippen LogP contribution is 2.23. The predicted octanol–water partition coefficient (Wildman–Crippen LogP) is 4.15. The smallest absolute Gasteiger partial charge is 0.122 e. The van der Waals surface area contributed by atoms with Crippen LogP contribution in [0.2, 0.25) is 0 Å². The van der Waals surface area contributed by atoms with E-state index in [-0.39, 0.29) is 0 Å². The second-order valence-electron chi connectivity index (χ2n) is 3.38. The molecule has 0 aromatic heterocycles. The summed E-state index contributed by atoms with van der Waals surface area (Å²) in [4.78, 5) is 0. The number of hydrogen-bond acceptors (Lipinski definition) is 1. The van der Waals surface area contributed by atoms with Gasteiger partial charge in [0.15, 0.2) is 0 Å². The average molecular weight is 194 g/mol. The van der Waals surface area contributed by atoms with Crippen molar-refractivity contribution in [2.24, 2.45) is 0 Å². The summed E-state index contributed by atoms with van der Waals surface area (Å²) in [5.41, 5.74) is 2.53. The molecule has 0 aliphatic heterocycles. The Bertz CT molecular complexity index is 264. The summed E-state index contributed by atoms with van der Waals surface area (Å²) in [5, 5.41) is 0. The molecule has 1 nitrogen and oxygen atoms in total. The van der Waals surface area contributed by atoms with Crippen molar-refractivity contribution in [1.82, 2.24) is 0 Å². The van der Waals surface area contributed by atoms with Gasteiger partial charge in [-0.1, -0.05) is 39.8 Å². The summed E-state index contributed by atoms with van der Waals surface area (Å²) in [5.74, 6) is 1.56. The van der Waals surface area contributed by atoms with Crippen molar-refractivity contribution in [2.45, 2.75) is 40.5 Å². The first-order chi connectivity index (χ1) is 6.65. The molecule has 1 aromatic rings. The Morgan fingerprint density at radius 2 is 1.71 bits per heavy atom. The van der Waals surface area contributed by atoms with Crippen LogP contribution in [0.25, 0.3) is 0 Å². The Kier molecular flexibility index (Phi) is 6.02. The third-order valence-corrected chi connectivity index (χ3v) is 2.10. The molecule has 0 amide bonds. The number of rotatable bonds is 2. The van der Waals surface area contributed by atoms with E-state index in [0.717, 1.165) is 5.75 Å². The van der Waals surface area contributed by atoms with Crippen molar-refractivity contribution < 1.29 is 4.74 Å². The van der Waals surface area contributed by atoms with E-state index in [2.05, 4.69) is 39.0 Å². The lowest BCUT2D eigenvalue weighted by Crippen LogP contribution is -1.91. The molecule has 1 rings (SSSR count). The van der Waals surface area contributed by atoms with Crippen LogP contribution >= 0.6 is 0 Å². The topological polar surface area (TPSA) is 9.23 Å². The number of methoxy groups -OCH3 is 1. The van der Waals surface area contributed by atoms with Crippen LogP contribution in [0.1, 0.15) is 44.7 Å². The predicted molar refractivity (Wildman–Crippen MR) is 63.2 cm³/mol. The molecule has 1 aromatic carbocycles. The lowest BCUT2D eigenvalue weighted by molar-refractivity contribution is 0.411. The van der Waals surface area contributed by atoms with Crippen molar-refractivity contribution in [3.05, 3.63) is 29.3 Å². The molecule has 0 aliphatic rings. The minimum absolute atomic E-state index is 0.569. The highest BCUT2D eigenvalue weighted by atomic mass is 16.5. The Morgan fingerprint density at radius 3 is 2.14 bits per heavy atom. The van der Waals surface area contributed by atoms with Crippen LogP contribution in [0.4, 0.5) is 0 Å². The summed E-state index contributed by atoms with van der Waals surface area (Å²) in [6, 6.07) is 6.37. The molecule has 14 heavy (non-hydrogen) atoms. The fourth-order valence-corrected chi connectivity index (χ4v) is 1.20. The van der Waals surface area contributed by atoms with Gasteiger partial charge in [0.2, 0.25) is 0 Å². The number of aryl methyl sites for hydroxylation is 1. The Hall–Kier alpha value is -0.980. The van der Waals surface area contributed by atoms with Gasteiger partial charge in [0, 0.05) is 0 Å². The molecule has 0 N–H and O–H groups in total. The molecule has 0 saturated heterocycles. The second-order valence-corrected chi connectivity index (χ2v) is 3.38. The summed E-state index contributed by atoms with van der Waals surface area (Å²) in [7, 11) is 1.71. The van der Waals surface area contributed by atoms with Crippen LogP contribution in [0.3, 0.4) is 0 Å². The lowest BCUT2D eigenvalue weighted by Gasteiger charge is -2.09. The first-order valence-corrected chi connectivity index (χ1v) is 5.29. The minimum atomic E-state index is 0.569. The minimum Gasteiger partial charge on any atom is -0.496 e. The van der Waals surface area contributed by atoms with Gasteiger partial charge < -0.3 is 4.74 Å². The van der Waals surface area contributed by atoms with Crippen LogP contribution in [0, 0.1) is 6.92 Å². The maximum atomic E-state index is 5.24. The van der Waals surface area contributed by atoms with E-state index >= 15 is 0 Å². The standard InChI is InChI=1S/C11H16O.C2H6/c1-8(2)10-6-5-9(3)11(7-10)12-4;1-2/h5-8H,1-4H3;1-2H3. The molecule has 1 heteroatoms. The fourth-order valence-electron chi connectivity index (χ4n) is 1.20. The van der Waals surface area contributed by atoms with Gasteiger partial charge in [0.1, 0.15) is 5.75 Å². The van der Waals surface area contributed by atoms with E-state index in [1.54, 1.807) is 7.11 Å². The maximum Gasteiger partial charge on any atom is 0.122 e. The van der Waals surface area contributed by atoms with Gasteiger partial charge in [-0.3, -0.25) is 0 Å². The molecule has 80 valence electrons. The van der Waals surface area contributed by atoms with Crippen molar-refractivity contribution >= 4 is 0 Å². The van der Waals surface area contributed by atoms with Crippen LogP contribution in [-0.2, 0) is 0 Å². The molecule has 0 radical (unpaired) electrons. The molecule has 0 heterocycles. The third kappa shape index (κ3) is 3.41. The largest absolute Gasteiger partial charge is 0.496 e. The molecule has 0 aliphatic carbocycles. The molecular weight excluding hydrogens is 172 g/mol. The van der Waals surface area contributed by atoms with E-state index < -0.39 is 0 Å². The highest BCUT2D eigenvalue weighted by Gasteiger charge is 2.02. The molecule has 0 saturated carbocycles. The van der Waals surface area contributed by atoms with Crippen molar-refractivity contribution in [1.29, 1.82) is 0 Å². The van der Waals surface area contributed by atoms with Gasteiger partial charge in [0.25, 0.3) is 0 Å². The van der Waals surface area contributed by atoms with E-state index in [0.29, 0.717) is 5.92 Å². The monoisotopic (exact) mass is 194 g/mol. The first-order valence-electron chi connectivity index (χ1n) is 5.29. The second kappa shape index (κ2) is 6.47. The molecule has 0 bridgehead atoms. The molecular formula is C13H22O. The van der Waals surface area contributed by atoms with Gasteiger partial charge >= 0.3 is 0 Å². The van der Waals surface area contributed by atoms with E-state index in [1.165, 1.54) is 11.1 Å². The molecule has 0 unspecified atom stereocenters.